The molecule has 1 heterocycles. The van der Waals surface area contributed by atoms with Gasteiger partial charge in [-0.05, 0) is 48.6 Å². The minimum absolute atomic E-state index is 0.721. The molecule has 2 nitrogen and oxygen atoms in total. The van der Waals surface area contributed by atoms with Crippen molar-refractivity contribution in [3.8, 4) is 28.3 Å². The Morgan fingerprint density at radius 2 is 1.42 bits per heavy atom. The van der Waals surface area contributed by atoms with Gasteiger partial charge in [0.25, 0.3) is 0 Å². The minimum Gasteiger partial charge on any atom is -0.299 e. The van der Waals surface area contributed by atoms with E-state index in [1.807, 2.05) is 24.3 Å². The Morgan fingerprint density at radius 1 is 0.808 bits per heavy atom. The van der Waals surface area contributed by atoms with E-state index < -0.39 is 0 Å². The zero-order valence-corrected chi connectivity index (χ0v) is 16.3. The summed E-state index contributed by atoms with van der Waals surface area (Å²) >= 11 is 6.06. The molecule has 0 radical (unpaired) electrons. The molecular formula is C22H18ClN2P. The van der Waals surface area contributed by atoms with Gasteiger partial charge in [0.05, 0.1) is 5.69 Å². The summed E-state index contributed by atoms with van der Waals surface area (Å²) < 4.78 is 2.13. The highest BCUT2D eigenvalue weighted by atomic mass is 35.5. The number of hydrogen-bond acceptors (Lipinski definition) is 1. The molecule has 0 bridgehead atoms. The second kappa shape index (κ2) is 7.07. The van der Waals surface area contributed by atoms with Crippen LogP contribution in [0.1, 0.15) is 5.56 Å². The van der Waals surface area contributed by atoms with Gasteiger partial charge in [-0.2, -0.15) is 0 Å². The molecule has 3 aromatic carbocycles. The van der Waals surface area contributed by atoms with Crippen LogP contribution in [0, 0.1) is 6.92 Å². The number of benzene rings is 3. The van der Waals surface area contributed by atoms with E-state index in [1.54, 1.807) is 0 Å². The Balaban J connectivity index is 1.88. The molecule has 0 aliphatic carbocycles. The fourth-order valence-corrected chi connectivity index (χ4v) is 3.20. The predicted molar refractivity (Wildman–Crippen MR) is 114 cm³/mol. The fourth-order valence-electron chi connectivity index (χ4n) is 2.88. The Morgan fingerprint density at radius 3 is 2.08 bits per heavy atom. The van der Waals surface area contributed by atoms with Crippen molar-refractivity contribution in [2.45, 2.75) is 6.92 Å². The third-order valence-corrected chi connectivity index (χ3v) is 4.96. The first-order chi connectivity index (χ1) is 12.6. The SMILES string of the molecule is Cc1ccc(-n2cc(-c3ccc(P)cc3)nc2-c2ccc(Cl)cc2)cc1. The van der Waals surface area contributed by atoms with Crippen molar-refractivity contribution in [1.29, 1.82) is 0 Å². The van der Waals surface area contributed by atoms with E-state index in [9.17, 15) is 0 Å². The maximum atomic E-state index is 6.06. The third-order valence-electron chi connectivity index (χ3n) is 4.33. The molecule has 0 spiro atoms. The predicted octanol–water partition coefficient (Wildman–Crippen LogP) is 5.67. The number of hydrogen-bond donors (Lipinski definition) is 0. The smallest absolute Gasteiger partial charge is 0.145 e. The number of aryl methyl sites for hydroxylation is 1. The monoisotopic (exact) mass is 376 g/mol. The molecule has 0 fully saturated rings. The van der Waals surface area contributed by atoms with Crippen LogP contribution in [0.25, 0.3) is 28.3 Å². The Kier molecular flexibility index (Phi) is 4.63. The second-order valence-electron chi connectivity index (χ2n) is 6.28. The van der Waals surface area contributed by atoms with Crippen molar-refractivity contribution in [2.75, 3.05) is 0 Å². The van der Waals surface area contributed by atoms with Crippen molar-refractivity contribution in [1.82, 2.24) is 9.55 Å². The zero-order valence-electron chi connectivity index (χ0n) is 14.4. The molecule has 0 saturated heterocycles. The van der Waals surface area contributed by atoms with Crippen LogP contribution in [-0.2, 0) is 0 Å². The molecule has 0 N–H and O–H groups in total. The van der Waals surface area contributed by atoms with E-state index in [0.29, 0.717) is 0 Å². The van der Waals surface area contributed by atoms with Gasteiger partial charge >= 0.3 is 0 Å². The molecule has 4 rings (SSSR count). The maximum Gasteiger partial charge on any atom is 0.145 e. The van der Waals surface area contributed by atoms with Gasteiger partial charge in [-0.25, -0.2) is 4.98 Å². The van der Waals surface area contributed by atoms with Crippen LogP contribution >= 0.6 is 20.8 Å². The number of imidazole rings is 1. The number of rotatable bonds is 3. The highest BCUT2D eigenvalue weighted by Crippen LogP contribution is 2.28. The van der Waals surface area contributed by atoms with E-state index in [4.69, 9.17) is 16.6 Å². The van der Waals surface area contributed by atoms with Crippen LogP contribution in [0.2, 0.25) is 5.02 Å². The van der Waals surface area contributed by atoms with Crippen molar-refractivity contribution >= 4 is 26.1 Å². The van der Waals surface area contributed by atoms with Crippen LogP contribution in [0.15, 0.2) is 79.0 Å². The van der Waals surface area contributed by atoms with Crippen molar-refractivity contribution < 1.29 is 0 Å². The first-order valence-corrected chi connectivity index (χ1v) is 9.34. The van der Waals surface area contributed by atoms with Gasteiger partial charge in [-0.1, -0.05) is 53.6 Å². The van der Waals surface area contributed by atoms with Gasteiger partial charge in [0.15, 0.2) is 0 Å². The lowest BCUT2D eigenvalue weighted by Gasteiger charge is -2.08. The molecule has 4 aromatic rings. The second-order valence-corrected chi connectivity index (χ2v) is 7.39. The summed E-state index contributed by atoms with van der Waals surface area (Å²) in [5, 5.41) is 1.88. The van der Waals surface area contributed by atoms with Crippen LogP contribution in [-0.4, -0.2) is 9.55 Å². The largest absolute Gasteiger partial charge is 0.299 e. The lowest BCUT2D eigenvalue weighted by Crippen LogP contribution is -1.96. The minimum atomic E-state index is 0.721. The summed E-state index contributed by atoms with van der Waals surface area (Å²) in [6.45, 7) is 2.09. The highest BCUT2D eigenvalue weighted by Gasteiger charge is 2.13. The van der Waals surface area contributed by atoms with Gasteiger partial charge in [-0.3, -0.25) is 4.57 Å². The normalized spacial score (nSPS) is 10.9. The fraction of sp³-hybridized carbons (Fsp3) is 0.0455. The summed E-state index contributed by atoms with van der Waals surface area (Å²) in [7, 11) is 2.71. The van der Waals surface area contributed by atoms with Gasteiger partial charge in [-0.15, -0.1) is 9.24 Å². The van der Waals surface area contributed by atoms with Gasteiger partial charge in [0, 0.05) is 28.0 Å². The summed E-state index contributed by atoms with van der Waals surface area (Å²) in [5.41, 5.74) is 5.39. The average Bonchev–Trinajstić information content (AvgIpc) is 3.09. The number of halogens is 1. The Labute approximate surface area is 160 Å². The van der Waals surface area contributed by atoms with Gasteiger partial charge in [0.1, 0.15) is 5.82 Å². The molecule has 1 aromatic heterocycles. The van der Waals surface area contributed by atoms with E-state index in [-0.39, 0.29) is 0 Å². The molecule has 0 aliphatic heterocycles. The number of aromatic nitrogens is 2. The van der Waals surface area contributed by atoms with E-state index in [1.165, 1.54) is 5.56 Å². The van der Waals surface area contributed by atoms with Crippen LogP contribution in [0.3, 0.4) is 0 Å². The summed E-state index contributed by atoms with van der Waals surface area (Å²) in [6.07, 6.45) is 2.09. The van der Waals surface area contributed by atoms with Crippen LogP contribution < -0.4 is 5.30 Å². The zero-order chi connectivity index (χ0) is 18.1. The van der Waals surface area contributed by atoms with Crippen molar-refractivity contribution in [2.24, 2.45) is 0 Å². The molecule has 128 valence electrons. The molecule has 0 saturated carbocycles. The van der Waals surface area contributed by atoms with Crippen LogP contribution in [0.4, 0.5) is 0 Å². The van der Waals surface area contributed by atoms with Gasteiger partial charge in [0.2, 0.25) is 0 Å². The third kappa shape index (κ3) is 3.44. The average molecular weight is 377 g/mol. The molecule has 0 amide bonds. The van der Waals surface area contributed by atoms with E-state index in [0.717, 1.165) is 38.7 Å². The lowest BCUT2D eigenvalue weighted by molar-refractivity contribution is 1.07. The van der Waals surface area contributed by atoms with Crippen molar-refractivity contribution in [3.63, 3.8) is 0 Å². The molecule has 26 heavy (non-hydrogen) atoms. The maximum absolute atomic E-state index is 6.06. The first-order valence-electron chi connectivity index (χ1n) is 8.38. The van der Waals surface area contributed by atoms with Crippen LogP contribution in [0.5, 0.6) is 0 Å². The Hall–Kier alpha value is -2.41. The molecule has 4 heteroatoms. The van der Waals surface area contributed by atoms with Crippen molar-refractivity contribution in [3.05, 3.63) is 89.6 Å². The first kappa shape index (κ1) is 17.0. The molecule has 1 atom stereocenters. The summed E-state index contributed by atoms with van der Waals surface area (Å²) in [5.74, 6) is 0.899. The molecule has 1 unspecified atom stereocenters. The number of nitrogens with zero attached hydrogens (tertiary/aromatic N) is 2. The summed E-state index contributed by atoms with van der Waals surface area (Å²) in [4.78, 5) is 4.92. The van der Waals surface area contributed by atoms with Gasteiger partial charge < -0.3 is 0 Å². The lowest BCUT2D eigenvalue weighted by atomic mass is 10.2. The highest BCUT2D eigenvalue weighted by molar-refractivity contribution is 7.27. The summed E-state index contributed by atoms with van der Waals surface area (Å²) in [6, 6.07) is 24.6. The standard InChI is InChI=1S/C22H18ClN2P/c1-15-2-10-19(11-3-15)25-14-21(16-6-12-20(26)13-7-16)24-22(25)17-4-8-18(23)9-5-17/h2-14H,26H2,1H3. The van der Waals surface area contributed by atoms with E-state index >= 15 is 0 Å². The Bertz CT molecular complexity index is 970. The molecular weight excluding hydrogens is 359 g/mol. The topological polar surface area (TPSA) is 17.8 Å². The quantitative estimate of drug-likeness (QED) is 0.421. The molecule has 0 aliphatic rings. The van der Waals surface area contributed by atoms with E-state index in [2.05, 4.69) is 75.5 Å².